The lowest BCUT2D eigenvalue weighted by molar-refractivity contribution is -0.139. The molecular formula is C27H27ClN2O4S. The summed E-state index contributed by atoms with van der Waals surface area (Å²) < 4.78 is 13.4. The lowest BCUT2D eigenvalue weighted by atomic mass is 9.96. The van der Waals surface area contributed by atoms with Gasteiger partial charge in [0.2, 0.25) is 0 Å². The fourth-order valence-corrected chi connectivity index (χ4v) is 5.21. The van der Waals surface area contributed by atoms with E-state index in [4.69, 9.17) is 21.1 Å². The minimum Gasteiger partial charge on any atom is -0.490 e. The van der Waals surface area contributed by atoms with Gasteiger partial charge in [-0.1, -0.05) is 66.3 Å². The SMILES string of the molecule is CCOC(=O)C1=C(C)N=c2s/c(=C\c3ccccc3O[C@@H](C)CC)c(=O)n2[C@H]1c1ccccc1Cl. The number of esters is 1. The Morgan fingerprint density at radius 3 is 2.63 bits per heavy atom. The van der Waals surface area contributed by atoms with Crippen molar-refractivity contribution in [1.82, 2.24) is 4.57 Å². The molecule has 0 saturated heterocycles. The number of fused-ring (bicyclic) bond motifs is 1. The first kappa shape index (κ1) is 24.9. The van der Waals surface area contributed by atoms with Gasteiger partial charge in [-0.05, 0) is 51.0 Å². The van der Waals surface area contributed by atoms with Gasteiger partial charge < -0.3 is 9.47 Å². The number of nitrogens with zero attached hydrogens (tertiary/aromatic N) is 2. The first-order valence-corrected chi connectivity index (χ1v) is 12.7. The van der Waals surface area contributed by atoms with Gasteiger partial charge in [0.1, 0.15) is 11.8 Å². The van der Waals surface area contributed by atoms with Gasteiger partial charge >= 0.3 is 5.97 Å². The number of ether oxygens (including phenoxy) is 2. The van der Waals surface area contributed by atoms with Crippen LogP contribution in [0, 0.1) is 0 Å². The zero-order valence-corrected chi connectivity index (χ0v) is 21.7. The second-order valence-electron chi connectivity index (χ2n) is 8.20. The number of carbonyl (C=O) groups is 1. The normalized spacial score (nSPS) is 16.5. The molecule has 8 heteroatoms. The average Bonchev–Trinajstić information content (AvgIpc) is 3.14. The highest BCUT2D eigenvalue weighted by Gasteiger charge is 2.34. The summed E-state index contributed by atoms with van der Waals surface area (Å²) in [5.41, 5.74) is 1.99. The third-order valence-electron chi connectivity index (χ3n) is 5.83. The summed E-state index contributed by atoms with van der Waals surface area (Å²) in [6.45, 7) is 7.77. The summed E-state index contributed by atoms with van der Waals surface area (Å²) >= 11 is 7.82. The second-order valence-corrected chi connectivity index (χ2v) is 9.61. The van der Waals surface area contributed by atoms with Crippen LogP contribution in [0.3, 0.4) is 0 Å². The molecule has 2 aromatic carbocycles. The number of allylic oxidation sites excluding steroid dienone is 1. The average molecular weight is 511 g/mol. The molecule has 0 radical (unpaired) electrons. The molecule has 0 unspecified atom stereocenters. The maximum atomic E-state index is 13.8. The Morgan fingerprint density at radius 1 is 1.20 bits per heavy atom. The van der Waals surface area contributed by atoms with Gasteiger partial charge in [0.15, 0.2) is 4.80 Å². The molecule has 1 aliphatic heterocycles. The van der Waals surface area contributed by atoms with Crippen molar-refractivity contribution in [2.24, 2.45) is 4.99 Å². The molecule has 4 rings (SSSR count). The van der Waals surface area contributed by atoms with E-state index >= 15 is 0 Å². The summed E-state index contributed by atoms with van der Waals surface area (Å²) in [7, 11) is 0. The molecule has 0 bridgehead atoms. The summed E-state index contributed by atoms with van der Waals surface area (Å²) in [6, 6.07) is 14.1. The Bertz CT molecular complexity index is 1470. The molecule has 182 valence electrons. The number of benzene rings is 2. The molecule has 0 aliphatic carbocycles. The number of thiazole rings is 1. The summed E-state index contributed by atoms with van der Waals surface area (Å²) in [4.78, 5) is 31.8. The molecular weight excluding hydrogens is 484 g/mol. The largest absolute Gasteiger partial charge is 0.490 e. The van der Waals surface area contributed by atoms with E-state index in [1.165, 1.54) is 15.9 Å². The third kappa shape index (κ3) is 4.97. The van der Waals surface area contributed by atoms with Crippen LogP contribution in [0.4, 0.5) is 0 Å². The van der Waals surface area contributed by atoms with Crippen molar-refractivity contribution >= 4 is 35.0 Å². The van der Waals surface area contributed by atoms with Crippen molar-refractivity contribution in [1.29, 1.82) is 0 Å². The Morgan fingerprint density at radius 2 is 1.91 bits per heavy atom. The molecule has 1 aliphatic rings. The molecule has 0 saturated carbocycles. The van der Waals surface area contributed by atoms with Gasteiger partial charge in [-0.2, -0.15) is 0 Å². The summed E-state index contributed by atoms with van der Waals surface area (Å²) in [6.07, 6.45) is 2.72. The minimum atomic E-state index is -0.743. The molecule has 2 atom stereocenters. The van der Waals surface area contributed by atoms with Crippen molar-refractivity contribution in [2.45, 2.75) is 46.3 Å². The van der Waals surface area contributed by atoms with E-state index in [9.17, 15) is 9.59 Å². The summed E-state index contributed by atoms with van der Waals surface area (Å²) in [5.74, 6) is 0.194. The van der Waals surface area contributed by atoms with Gasteiger partial charge in [0, 0.05) is 10.6 Å². The molecule has 0 fully saturated rings. The van der Waals surface area contributed by atoms with Gasteiger partial charge in [-0.3, -0.25) is 9.36 Å². The van der Waals surface area contributed by atoms with Crippen LogP contribution in [0.2, 0.25) is 5.02 Å². The molecule has 2 heterocycles. The van der Waals surface area contributed by atoms with Crippen molar-refractivity contribution in [3.8, 4) is 5.75 Å². The Balaban J connectivity index is 1.93. The quantitative estimate of drug-likeness (QED) is 0.434. The van der Waals surface area contributed by atoms with Crippen LogP contribution in [0.1, 0.15) is 51.3 Å². The maximum absolute atomic E-state index is 13.8. The standard InChI is InChI=1S/C27H27ClN2O4S/c1-5-16(3)34-21-14-10-7-11-18(21)15-22-25(31)30-24(19-12-8-9-13-20(19)28)23(26(32)33-6-2)17(4)29-27(30)35-22/h7-16,24H,5-6H2,1-4H3/b22-15-/t16-,24-/m0/s1. The van der Waals surface area contributed by atoms with Crippen LogP contribution < -0.4 is 19.6 Å². The fourth-order valence-electron chi connectivity index (χ4n) is 3.93. The van der Waals surface area contributed by atoms with Crippen LogP contribution in [0.15, 0.2) is 69.6 Å². The molecule has 0 N–H and O–H groups in total. The molecule has 0 spiro atoms. The van der Waals surface area contributed by atoms with Crippen LogP contribution in [0.5, 0.6) is 5.75 Å². The molecule has 3 aromatic rings. The Labute approximate surface area is 212 Å². The highest BCUT2D eigenvalue weighted by molar-refractivity contribution is 7.07. The van der Waals surface area contributed by atoms with Crippen LogP contribution in [0.25, 0.3) is 6.08 Å². The monoisotopic (exact) mass is 510 g/mol. The van der Waals surface area contributed by atoms with E-state index in [-0.39, 0.29) is 18.3 Å². The zero-order valence-electron chi connectivity index (χ0n) is 20.1. The molecule has 35 heavy (non-hydrogen) atoms. The van der Waals surface area contributed by atoms with Crippen molar-refractivity contribution in [3.05, 3.63) is 95.6 Å². The highest BCUT2D eigenvalue weighted by atomic mass is 35.5. The smallest absolute Gasteiger partial charge is 0.338 e. The van der Waals surface area contributed by atoms with Crippen molar-refractivity contribution in [2.75, 3.05) is 6.61 Å². The van der Waals surface area contributed by atoms with E-state index in [0.29, 0.717) is 36.9 Å². The van der Waals surface area contributed by atoms with E-state index in [1.807, 2.05) is 55.5 Å². The van der Waals surface area contributed by atoms with Gasteiger partial charge in [0.05, 0.1) is 28.5 Å². The Kier molecular flexibility index (Phi) is 7.57. The van der Waals surface area contributed by atoms with E-state index < -0.39 is 12.0 Å². The number of hydrogen-bond acceptors (Lipinski definition) is 6. The second kappa shape index (κ2) is 10.6. The first-order chi connectivity index (χ1) is 16.8. The fraction of sp³-hybridized carbons (Fsp3) is 0.296. The maximum Gasteiger partial charge on any atom is 0.338 e. The molecule has 1 aromatic heterocycles. The van der Waals surface area contributed by atoms with Crippen molar-refractivity contribution in [3.63, 3.8) is 0 Å². The lowest BCUT2D eigenvalue weighted by Gasteiger charge is -2.25. The minimum absolute atomic E-state index is 0.0424. The van der Waals surface area contributed by atoms with E-state index in [2.05, 4.69) is 11.9 Å². The number of rotatable bonds is 7. The van der Waals surface area contributed by atoms with E-state index in [1.54, 1.807) is 19.9 Å². The zero-order chi connectivity index (χ0) is 25.1. The first-order valence-electron chi connectivity index (χ1n) is 11.5. The van der Waals surface area contributed by atoms with Crippen LogP contribution in [-0.2, 0) is 9.53 Å². The van der Waals surface area contributed by atoms with Crippen molar-refractivity contribution < 1.29 is 14.3 Å². The van der Waals surface area contributed by atoms with Crippen LogP contribution >= 0.6 is 22.9 Å². The number of hydrogen-bond donors (Lipinski definition) is 0. The topological polar surface area (TPSA) is 69.9 Å². The predicted molar refractivity (Wildman–Crippen MR) is 139 cm³/mol. The van der Waals surface area contributed by atoms with Crippen LogP contribution in [-0.4, -0.2) is 23.2 Å². The van der Waals surface area contributed by atoms with Gasteiger partial charge in [0.25, 0.3) is 5.56 Å². The Hall–Kier alpha value is -3.16. The third-order valence-corrected chi connectivity index (χ3v) is 7.15. The van der Waals surface area contributed by atoms with E-state index in [0.717, 1.165) is 12.0 Å². The molecule has 0 amide bonds. The summed E-state index contributed by atoms with van der Waals surface area (Å²) in [5, 5.41) is 0.455. The van der Waals surface area contributed by atoms with Gasteiger partial charge in [-0.15, -0.1) is 0 Å². The van der Waals surface area contributed by atoms with Gasteiger partial charge in [-0.25, -0.2) is 9.79 Å². The number of para-hydroxylation sites is 1. The molecule has 6 nitrogen and oxygen atoms in total. The number of carbonyl (C=O) groups excluding carboxylic acids is 1. The number of halogens is 1. The predicted octanol–water partition coefficient (Wildman–Crippen LogP) is 4.63. The number of aromatic nitrogens is 1. The lowest BCUT2D eigenvalue weighted by Crippen LogP contribution is -2.40. The highest BCUT2D eigenvalue weighted by Crippen LogP contribution is 2.34.